The Kier molecular flexibility index (Phi) is 4.62. The van der Waals surface area contributed by atoms with Crippen LogP contribution in [0.25, 0.3) is 0 Å². The molecule has 0 aromatic heterocycles. The first-order chi connectivity index (χ1) is 13.4. The fraction of sp³-hybridized carbons (Fsp3) is 0.273. The molecule has 0 bridgehead atoms. The van der Waals surface area contributed by atoms with Crippen LogP contribution in [0, 0.1) is 0 Å². The summed E-state index contributed by atoms with van der Waals surface area (Å²) in [5.74, 6) is 4.72. The van der Waals surface area contributed by atoms with Crippen LogP contribution in [0.15, 0.2) is 48.2 Å². The van der Waals surface area contributed by atoms with E-state index in [1.165, 1.54) is 17.3 Å². The highest BCUT2D eigenvalue weighted by molar-refractivity contribution is 6.33. The Balaban J connectivity index is 1.90. The highest BCUT2D eigenvalue weighted by atomic mass is 35.5. The van der Waals surface area contributed by atoms with E-state index in [-0.39, 0.29) is 16.1 Å². The quantitative estimate of drug-likeness (QED) is 0.462. The highest BCUT2D eigenvalue weighted by Gasteiger charge is 2.40. The van der Waals surface area contributed by atoms with Crippen molar-refractivity contribution in [1.82, 2.24) is 4.59 Å². The minimum atomic E-state index is -1.27. The molecule has 2 unspecified atom stereocenters. The third kappa shape index (κ3) is 2.87. The topological polar surface area (TPSA) is 80.4 Å². The number of carbonyl (C=O) groups excluding carboxylic acids is 1. The first kappa shape index (κ1) is 18.9. The normalized spacial score (nSPS) is 23.6. The smallest absolute Gasteiger partial charge is 0.345 e. The molecule has 2 atom stereocenters. The number of benzene rings is 2. The summed E-state index contributed by atoms with van der Waals surface area (Å²) in [4.78, 5) is 24.5. The molecule has 2 aromatic carbocycles. The van der Waals surface area contributed by atoms with Crippen LogP contribution in [0.4, 0.5) is 5.69 Å². The van der Waals surface area contributed by atoms with Gasteiger partial charge in [0.25, 0.3) is 0 Å². The molecule has 28 heavy (non-hydrogen) atoms. The van der Waals surface area contributed by atoms with Crippen molar-refractivity contribution < 1.29 is 14.7 Å². The molecule has 4 rings (SSSR count). The van der Waals surface area contributed by atoms with Gasteiger partial charge in [-0.15, -0.1) is 0 Å². The van der Waals surface area contributed by atoms with Crippen molar-refractivity contribution in [2.45, 2.75) is 32.1 Å². The lowest BCUT2D eigenvalue weighted by molar-refractivity contribution is -0.132. The Bertz CT molecular complexity index is 1030. The molecule has 2 aromatic rings. The molecule has 1 aliphatic carbocycles. The van der Waals surface area contributed by atoms with E-state index in [1.54, 1.807) is 12.1 Å². The van der Waals surface area contributed by atoms with Crippen molar-refractivity contribution in [3.63, 3.8) is 0 Å². The number of aryl methyl sites for hydroxylation is 1. The number of carbonyl (C=O) groups is 2. The van der Waals surface area contributed by atoms with Gasteiger partial charge in [-0.2, -0.15) is 10.4 Å². The predicted octanol–water partition coefficient (Wildman–Crippen LogP) is 4.17. The van der Waals surface area contributed by atoms with Crippen LogP contribution in [0.2, 0.25) is 5.02 Å². The third-order valence-electron chi connectivity index (χ3n) is 5.91. The molecule has 0 fully saturated rings. The number of hydrogen-bond donors (Lipinski definition) is 2. The van der Waals surface area contributed by atoms with Gasteiger partial charge in [0.1, 0.15) is 12.7 Å². The molecule has 3 N–H and O–H groups in total. The summed E-state index contributed by atoms with van der Waals surface area (Å²) in [5, 5.41) is 10.0. The number of halogens is 1. The lowest BCUT2D eigenvalue weighted by Gasteiger charge is -2.33. The zero-order chi connectivity index (χ0) is 20.1. The SMILES string of the molecule is CC[N+]1(N)C=C(C(=O)O)C(=O)c2cc(C3CCCc4ccccc43)c(Cl)cc21. The average molecular weight is 398 g/mol. The minimum Gasteiger partial charge on any atom is -0.477 e. The largest absolute Gasteiger partial charge is 0.477 e. The molecule has 1 aliphatic heterocycles. The minimum absolute atomic E-state index is 0.0797. The molecule has 0 amide bonds. The van der Waals surface area contributed by atoms with Crippen molar-refractivity contribution in [3.8, 4) is 0 Å². The monoisotopic (exact) mass is 397 g/mol. The van der Waals surface area contributed by atoms with Crippen LogP contribution in [-0.4, -0.2) is 23.4 Å². The molecule has 1 heterocycles. The van der Waals surface area contributed by atoms with Gasteiger partial charge in [-0.05, 0) is 48.9 Å². The summed E-state index contributed by atoms with van der Waals surface area (Å²) in [6.07, 6.45) is 4.30. The summed E-state index contributed by atoms with van der Waals surface area (Å²) in [6.45, 7) is 2.24. The maximum atomic E-state index is 12.9. The predicted molar refractivity (Wildman–Crippen MR) is 109 cm³/mol. The van der Waals surface area contributed by atoms with Crippen LogP contribution < -0.4 is 10.4 Å². The number of ketones is 1. The summed E-state index contributed by atoms with van der Waals surface area (Å²) >= 11 is 6.68. The standard InChI is InChI=1S/C22H21ClN2O3/c1-2-25(24)12-18(22(27)28)21(26)17-10-16(19(23)11-20(17)25)15-9-5-7-13-6-3-4-8-14(13)15/h3-4,6,8,10-12,15H,2,5,7,9,24H2,1H3/p+1. The van der Waals surface area contributed by atoms with E-state index in [0.717, 1.165) is 24.8 Å². The molecule has 0 saturated carbocycles. The van der Waals surface area contributed by atoms with Gasteiger partial charge >= 0.3 is 5.97 Å². The van der Waals surface area contributed by atoms with E-state index in [1.807, 2.05) is 19.1 Å². The first-order valence-electron chi connectivity index (χ1n) is 9.44. The Labute approximate surface area is 168 Å². The van der Waals surface area contributed by atoms with Crippen molar-refractivity contribution in [2.24, 2.45) is 5.84 Å². The third-order valence-corrected chi connectivity index (χ3v) is 6.24. The fourth-order valence-electron chi connectivity index (χ4n) is 4.37. The van der Waals surface area contributed by atoms with Gasteiger partial charge in [-0.3, -0.25) is 4.79 Å². The van der Waals surface area contributed by atoms with E-state index in [4.69, 9.17) is 17.4 Å². The molecule has 144 valence electrons. The zero-order valence-corrected chi connectivity index (χ0v) is 16.4. The van der Waals surface area contributed by atoms with E-state index in [0.29, 0.717) is 22.8 Å². The van der Waals surface area contributed by atoms with E-state index in [9.17, 15) is 14.7 Å². The first-order valence-corrected chi connectivity index (χ1v) is 9.82. The zero-order valence-electron chi connectivity index (χ0n) is 15.6. The van der Waals surface area contributed by atoms with Gasteiger partial charge < -0.3 is 5.11 Å². The molecule has 6 heteroatoms. The van der Waals surface area contributed by atoms with Crippen LogP contribution in [0.5, 0.6) is 0 Å². The van der Waals surface area contributed by atoms with Gasteiger partial charge in [-0.25, -0.2) is 4.79 Å². The molecular weight excluding hydrogens is 376 g/mol. The van der Waals surface area contributed by atoms with Crippen molar-refractivity contribution in [2.75, 3.05) is 6.54 Å². The number of carboxylic acid groups (broad SMARTS) is 1. The van der Waals surface area contributed by atoms with Crippen LogP contribution in [-0.2, 0) is 11.2 Å². The van der Waals surface area contributed by atoms with E-state index < -0.39 is 11.8 Å². The van der Waals surface area contributed by atoms with Gasteiger partial charge in [0.2, 0.25) is 5.78 Å². The van der Waals surface area contributed by atoms with Gasteiger partial charge in [0.05, 0.1) is 10.6 Å². The number of rotatable bonds is 3. The number of hydrogen-bond acceptors (Lipinski definition) is 3. The molecule has 0 saturated heterocycles. The van der Waals surface area contributed by atoms with Crippen molar-refractivity contribution in [3.05, 3.63) is 75.4 Å². The maximum Gasteiger partial charge on any atom is 0.345 e. The number of nitrogens with two attached hydrogens (primary N) is 1. The van der Waals surface area contributed by atoms with Crippen LogP contribution in [0.1, 0.15) is 52.7 Å². The molecular formula is C22H22ClN2O3+. The van der Waals surface area contributed by atoms with Crippen molar-refractivity contribution >= 4 is 29.0 Å². The van der Waals surface area contributed by atoms with Gasteiger partial charge in [-0.1, -0.05) is 35.9 Å². The molecule has 0 radical (unpaired) electrons. The van der Waals surface area contributed by atoms with E-state index in [2.05, 4.69) is 12.1 Å². The lowest BCUT2D eigenvalue weighted by Crippen LogP contribution is -2.54. The number of aliphatic carboxylic acids is 1. The highest BCUT2D eigenvalue weighted by Crippen LogP contribution is 2.43. The molecule has 2 aliphatic rings. The van der Waals surface area contributed by atoms with Crippen LogP contribution >= 0.6 is 11.6 Å². The second-order valence-electron chi connectivity index (χ2n) is 7.46. The Hall–Kier alpha value is -2.47. The molecule has 5 nitrogen and oxygen atoms in total. The average Bonchev–Trinajstić information content (AvgIpc) is 2.70. The van der Waals surface area contributed by atoms with Gasteiger partial charge in [0, 0.05) is 12.0 Å². The Morgan fingerprint density at radius 2 is 2.04 bits per heavy atom. The summed E-state index contributed by atoms with van der Waals surface area (Å²) < 4.78 is -0.260. The Morgan fingerprint density at radius 1 is 1.29 bits per heavy atom. The summed E-state index contributed by atoms with van der Waals surface area (Å²) in [5.41, 5.74) is 3.94. The Morgan fingerprint density at radius 3 is 2.75 bits per heavy atom. The second kappa shape index (κ2) is 6.85. The number of quaternary nitrogens is 1. The summed E-state index contributed by atoms with van der Waals surface area (Å²) in [6, 6.07) is 11.8. The number of Topliss-reactive ketones (excluding diaryl/α,β-unsaturated/α-hetero) is 1. The van der Waals surface area contributed by atoms with Gasteiger partial charge in [0.15, 0.2) is 11.3 Å². The lowest BCUT2D eigenvalue weighted by atomic mass is 9.78. The number of carboxylic acids is 1. The maximum absolute atomic E-state index is 12.9. The molecule has 0 spiro atoms. The number of fused-ring (bicyclic) bond motifs is 2. The van der Waals surface area contributed by atoms with Crippen LogP contribution in [0.3, 0.4) is 0 Å². The fourth-order valence-corrected chi connectivity index (χ4v) is 4.66. The van der Waals surface area contributed by atoms with Crippen molar-refractivity contribution in [1.29, 1.82) is 0 Å². The summed E-state index contributed by atoms with van der Waals surface area (Å²) in [7, 11) is 0. The number of nitrogens with zero attached hydrogens (tertiary/aromatic N) is 1. The van der Waals surface area contributed by atoms with E-state index >= 15 is 0 Å². The second-order valence-corrected chi connectivity index (χ2v) is 7.87.